The van der Waals surface area contributed by atoms with E-state index in [1.165, 1.54) is 22.5 Å². The van der Waals surface area contributed by atoms with Gasteiger partial charge in [-0.25, -0.2) is 12.8 Å². The number of halogens is 1. The van der Waals surface area contributed by atoms with E-state index in [9.17, 15) is 17.6 Å². The lowest BCUT2D eigenvalue weighted by molar-refractivity contribution is -0.111. The minimum atomic E-state index is -3.64. The van der Waals surface area contributed by atoms with Gasteiger partial charge in [0.25, 0.3) is 0 Å². The van der Waals surface area contributed by atoms with Crippen LogP contribution in [-0.2, 0) is 14.8 Å². The van der Waals surface area contributed by atoms with E-state index in [1.54, 1.807) is 36.4 Å². The van der Waals surface area contributed by atoms with Crippen LogP contribution in [0.15, 0.2) is 53.4 Å². The Labute approximate surface area is 207 Å². The van der Waals surface area contributed by atoms with Gasteiger partial charge in [-0.05, 0) is 61.4 Å². The molecule has 0 atom stereocenters. The maximum atomic E-state index is 13.3. The van der Waals surface area contributed by atoms with E-state index in [0.29, 0.717) is 24.3 Å². The van der Waals surface area contributed by atoms with Gasteiger partial charge in [0.2, 0.25) is 15.9 Å². The molecule has 0 unspecified atom stereocenters. The number of hydrogen-bond acceptors (Lipinski definition) is 5. The number of anilines is 2. The lowest BCUT2D eigenvalue weighted by Crippen LogP contribution is -2.46. The fraction of sp³-hybridized carbons (Fsp3) is 0.423. The molecule has 2 fully saturated rings. The summed E-state index contributed by atoms with van der Waals surface area (Å²) in [6.07, 6.45) is 5.73. The fourth-order valence-electron chi connectivity index (χ4n) is 4.53. The van der Waals surface area contributed by atoms with Crippen molar-refractivity contribution in [1.82, 2.24) is 9.21 Å². The molecule has 1 amide bonds. The average molecular weight is 501 g/mol. The van der Waals surface area contributed by atoms with Gasteiger partial charge in [0.15, 0.2) is 0 Å². The number of benzene rings is 2. The summed E-state index contributed by atoms with van der Waals surface area (Å²) >= 11 is 0. The SMILES string of the molecule is CCN1CCN(c2ccc(S(=O)(=O)N3CCCCC3)cc2NC(=O)C=Cc2ccc(F)cc2)CC1. The first-order valence-corrected chi connectivity index (χ1v) is 13.7. The lowest BCUT2D eigenvalue weighted by Gasteiger charge is -2.36. The van der Waals surface area contributed by atoms with Crippen LogP contribution in [0.4, 0.5) is 15.8 Å². The molecule has 2 aromatic carbocycles. The summed E-state index contributed by atoms with van der Waals surface area (Å²) in [5.74, 6) is -0.721. The Kier molecular flexibility index (Phi) is 8.20. The second-order valence-electron chi connectivity index (χ2n) is 8.94. The summed E-state index contributed by atoms with van der Waals surface area (Å²) in [4.78, 5) is 17.5. The number of carbonyl (C=O) groups excluding carboxylic acids is 1. The predicted octanol–water partition coefficient (Wildman–Crippen LogP) is 3.79. The van der Waals surface area contributed by atoms with Crippen LogP contribution in [0.5, 0.6) is 0 Å². The van der Waals surface area contributed by atoms with Crippen molar-refractivity contribution < 1.29 is 17.6 Å². The van der Waals surface area contributed by atoms with Crippen LogP contribution in [0.1, 0.15) is 31.7 Å². The van der Waals surface area contributed by atoms with Crippen LogP contribution in [0.3, 0.4) is 0 Å². The van der Waals surface area contributed by atoms with E-state index in [2.05, 4.69) is 22.0 Å². The van der Waals surface area contributed by atoms with Crippen molar-refractivity contribution in [2.45, 2.75) is 31.1 Å². The van der Waals surface area contributed by atoms with Crippen LogP contribution >= 0.6 is 0 Å². The number of piperazine rings is 1. The van der Waals surface area contributed by atoms with Gasteiger partial charge in [0.05, 0.1) is 16.3 Å². The zero-order valence-corrected chi connectivity index (χ0v) is 20.9. The second-order valence-corrected chi connectivity index (χ2v) is 10.9. The Bertz CT molecular complexity index is 1150. The molecule has 0 saturated carbocycles. The minimum Gasteiger partial charge on any atom is -0.367 e. The molecule has 0 spiro atoms. The normalized spacial score (nSPS) is 18.2. The van der Waals surface area contributed by atoms with Gasteiger partial charge >= 0.3 is 0 Å². The highest BCUT2D eigenvalue weighted by molar-refractivity contribution is 7.89. The molecule has 2 aliphatic heterocycles. The summed E-state index contributed by atoms with van der Waals surface area (Å²) < 4.78 is 41.2. The molecule has 1 N–H and O–H groups in total. The van der Waals surface area contributed by atoms with Crippen LogP contribution in [0, 0.1) is 5.82 Å². The van der Waals surface area contributed by atoms with Crippen molar-refractivity contribution >= 4 is 33.4 Å². The highest BCUT2D eigenvalue weighted by Gasteiger charge is 2.28. The third-order valence-electron chi connectivity index (χ3n) is 6.64. The topological polar surface area (TPSA) is 73.0 Å². The summed E-state index contributed by atoms with van der Waals surface area (Å²) in [5, 5.41) is 2.89. The Morgan fingerprint density at radius 2 is 1.66 bits per heavy atom. The second kappa shape index (κ2) is 11.3. The largest absolute Gasteiger partial charge is 0.367 e. The van der Waals surface area contributed by atoms with Crippen LogP contribution in [-0.4, -0.2) is 69.3 Å². The van der Waals surface area contributed by atoms with Gasteiger partial charge in [-0.2, -0.15) is 4.31 Å². The Morgan fingerprint density at radius 3 is 2.31 bits per heavy atom. The third-order valence-corrected chi connectivity index (χ3v) is 8.53. The Morgan fingerprint density at radius 1 is 0.971 bits per heavy atom. The van der Waals surface area contributed by atoms with E-state index in [1.807, 2.05) is 0 Å². The number of piperidine rings is 1. The van der Waals surface area contributed by atoms with Crippen molar-refractivity contribution in [3.8, 4) is 0 Å². The number of carbonyl (C=O) groups is 1. The fourth-order valence-corrected chi connectivity index (χ4v) is 6.07. The smallest absolute Gasteiger partial charge is 0.248 e. The molecule has 0 bridgehead atoms. The van der Waals surface area contributed by atoms with Crippen LogP contribution in [0.25, 0.3) is 6.08 Å². The summed E-state index contributed by atoms with van der Waals surface area (Å²) in [5.41, 5.74) is 1.97. The Balaban J connectivity index is 1.60. The van der Waals surface area contributed by atoms with Crippen LogP contribution < -0.4 is 10.2 Å². The van der Waals surface area contributed by atoms with Gasteiger partial charge in [0.1, 0.15) is 5.82 Å². The number of hydrogen-bond donors (Lipinski definition) is 1. The summed E-state index contributed by atoms with van der Waals surface area (Å²) in [6.45, 7) is 7.55. The van der Waals surface area contributed by atoms with Crippen molar-refractivity contribution in [3.05, 3.63) is 59.9 Å². The lowest BCUT2D eigenvalue weighted by atomic mass is 10.2. The highest BCUT2D eigenvalue weighted by Crippen LogP contribution is 2.32. The number of likely N-dealkylation sites (N-methyl/N-ethyl adjacent to an activating group) is 1. The molecule has 0 radical (unpaired) electrons. The minimum absolute atomic E-state index is 0.188. The van der Waals surface area contributed by atoms with E-state index >= 15 is 0 Å². The van der Waals surface area contributed by atoms with Crippen molar-refractivity contribution in [3.63, 3.8) is 0 Å². The van der Waals surface area contributed by atoms with Gasteiger partial charge in [0, 0.05) is 45.3 Å². The summed E-state index contributed by atoms with van der Waals surface area (Å²) in [7, 11) is -3.64. The van der Waals surface area contributed by atoms with E-state index < -0.39 is 10.0 Å². The molecule has 2 aromatic rings. The molecule has 0 aromatic heterocycles. The number of nitrogens with one attached hydrogen (secondary N) is 1. The predicted molar refractivity (Wildman–Crippen MR) is 137 cm³/mol. The average Bonchev–Trinajstić information content (AvgIpc) is 2.89. The first-order valence-electron chi connectivity index (χ1n) is 12.2. The third kappa shape index (κ3) is 6.28. The van der Waals surface area contributed by atoms with Gasteiger partial charge in [-0.1, -0.05) is 25.5 Å². The number of rotatable bonds is 7. The molecule has 2 heterocycles. The molecule has 7 nitrogen and oxygen atoms in total. The van der Waals surface area contributed by atoms with Crippen molar-refractivity contribution in [2.75, 3.05) is 56.0 Å². The molecular weight excluding hydrogens is 467 g/mol. The standard InChI is InChI=1S/C26H33FN4O3S/c1-2-29-16-18-30(19-17-29)25-12-11-23(35(33,34)31-14-4-3-5-15-31)20-24(25)28-26(32)13-8-21-6-9-22(27)10-7-21/h6-13,20H,2-5,14-19H2,1H3,(H,28,32). The van der Waals surface area contributed by atoms with E-state index in [-0.39, 0.29) is 16.6 Å². The van der Waals surface area contributed by atoms with Crippen molar-refractivity contribution in [2.24, 2.45) is 0 Å². The molecule has 2 saturated heterocycles. The highest BCUT2D eigenvalue weighted by atomic mass is 32.2. The first kappa shape index (κ1) is 25.3. The zero-order chi connectivity index (χ0) is 24.8. The van der Waals surface area contributed by atoms with Gasteiger partial charge in [-0.15, -0.1) is 0 Å². The number of nitrogens with zero attached hydrogens (tertiary/aromatic N) is 3. The number of sulfonamides is 1. The maximum Gasteiger partial charge on any atom is 0.248 e. The quantitative estimate of drug-likeness (QED) is 0.586. The molecule has 9 heteroatoms. The van der Waals surface area contributed by atoms with E-state index in [0.717, 1.165) is 57.7 Å². The first-order chi connectivity index (χ1) is 16.9. The van der Waals surface area contributed by atoms with Gasteiger partial charge < -0.3 is 15.1 Å². The van der Waals surface area contributed by atoms with E-state index in [4.69, 9.17) is 0 Å². The van der Waals surface area contributed by atoms with Crippen LogP contribution in [0.2, 0.25) is 0 Å². The Hall–Kier alpha value is -2.75. The van der Waals surface area contributed by atoms with Gasteiger partial charge in [-0.3, -0.25) is 4.79 Å². The molecule has 35 heavy (non-hydrogen) atoms. The molecule has 0 aliphatic carbocycles. The zero-order valence-electron chi connectivity index (χ0n) is 20.1. The molecular formula is C26H33FN4O3S. The molecule has 4 rings (SSSR count). The van der Waals surface area contributed by atoms with Crippen molar-refractivity contribution in [1.29, 1.82) is 0 Å². The molecule has 188 valence electrons. The monoisotopic (exact) mass is 500 g/mol. The maximum absolute atomic E-state index is 13.3. The molecule has 2 aliphatic rings. The number of amides is 1. The summed E-state index contributed by atoms with van der Waals surface area (Å²) in [6, 6.07) is 10.9.